The van der Waals surface area contributed by atoms with E-state index >= 15 is 0 Å². The number of carbonyl (C=O) groups is 2. The van der Waals surface area contributed by atoms with E-state index in [1.54, 1.807) is 0 Å². The number of sulfone groups is 1. The van der Waals surface area contributed by atoms with Crippen molar-refractivity contribution in [1.29, 1.82) is 0 Å². The lowest BCUT2D eigenvalue weighted by molar-refractivity contribution is -0.127. The number of nitrogens with one attached hydrogen (secondary N) is 1. The van der Waals surface area contributed by atoms with Crippen molar-refractivity contribution in [2.45, 2.75) is 19.0 Å². The number of urea groups is 1. The second kappa shape index (κ2) is 6.21. The van der Waals surface area contributed by atoms with Crippen LogP contribution in [0.5, 0.6) is 0 Å². The zero-order chi connectivity index (χ0) is 16.5. The molecule has 0 radical (unpaired) electrons. The highest BCUT2D eigenvalue weighted by Gasteiger charge is 2.38. The van der Waals surface area contributed by atoms with Crippen LogP contribution in [-0.4, -0.2) is 43.3 Å². The van der Waals surface area contributed by atoms with E-state index in [9.17, 15) is 22.4 Å². The summed E-state index contributed by atoms with van der Waals surface area (Å²) in [5, 5.41) is 2.50. The van der Waals surface area contributed by atoms with E-state index in [0.29, 0.717) is 0 Å². The van der Waals surface area contributed by atoms with Crippen molar-refractivity contribution in [3.63, 3.8) is 0 Å². The highest BCUT2D eigenvalue weighted by Crippen LogP contribution is 2.23. The van der Waals surface area contributed by atoms with E-state index in [4.69, 9.17) is 11.6 Å². The standard InChI is InChI=1S/C13H14ClFN2O4S/c1-22(20,21)6-5-11-12(18)17(13(19)16-11)7-8-9(14)3-2-4-10(8)15/h2-4,11H,5-7H2,1H3,(H,16,19)/t11-/m0/s1. The lowest BCUT2D eigenvalue weighted by Gasteiger charge is -2.14. The number of carbonyl (C=O) groups excluding carboxylic acids is 2. The molecule has 1 N–H and O–H groups in total. The van der Waals surface area contributed by atoms with Gasteiger partial charge in [-0.3, -0.25) is 9.69 Å². The summed E-state index contributed by atoms with van der Waals surface area (Å²) in [6.45, 7) is -0.300. The van der Waals surface area contributed by atoms with Crippen LogP contribution in [0.25, 0.3) is 0 Å². The first-order chi connectivity index (χ1) is 10.2. The number of halogens is 2. The van der Waals surface area contributed by atoms with Crippen LogP contribution in [-0.2, 0) is 21.2 Å². The molecule has 1 aliphatic heterocycles. The van der Waals surface area contributed by atoms with Gasteiger partial charge in [0.2, 0.25) is 0 Å². The molecule has 0 aromatic heterocycles. The zero-order valence-corrected chi connectivity index (χ0v) is 13.2. The minimum absolute atomic E-state index is 0.0229. The van der Waals surface area contributed by atoms with Crippen LogP contribution >= 0.6 is 11.6 Å². The van der Waals surface area contributed by atoms with E-state index in [1.165, 1.54) is 18.2 Å². The lowest BCUT2D eigenvalue weighted by atomic mass is 10.2. The summed E-state index contributed by atoms with van der Waals surface area (Å²) in [6.07, 6.45) is 1.02. The first kappa shape index (κ1) is 16.7. The Bertz CT molecular complexity index is 703. The van der Waals surface area contributed by atoms with Crippen molar-refractivity contribution >= 4 is 33.4 Å². The van der Waals surface area contributed by atoms with Crippen LogP contribution in [0, 0.1) is 5.82 Å². The van der Waals surface area contributed by atoms with Crippen molar-refractivity contribution in [1.82, 2.24) is 10.2 Å². The molecule has 0 bridgehead atoms. The van der Waals surface area contributed by atoms with Gasteiger partial charge in [0.15, 0.2) is 0 Å². The van der Waals surface area contributed by atoms with Crippen LogP contribution in [0.2, 0.25) is 5.02 Å². The van der Waals surface area contributed by atoms with Crippen molar-refractivity contribution < 1.29 is 22.4 Å². The normalized spacial score (nSPS) is 18.7. The van der Waals surface area contributed by atoms with Gasteiger partial charge >= 0.3 is 6.03 Å². The number of hydrogen-bond acceptors (Lipinski definition) is 4. The first-order valence-corrected chi connectivity index (χ1v) is 8.85. The summed E-state index contributed by atoms with van der Waals surface area (Å²) in [7, 11) is -3.25. The molecule has 1 heterocycles. The van der Waals surface area contributed by atoms with Crippen LogP contribution in [0.1, 0.15) is 12.0 Å². The second-order valence-corrected chi connectivity index (χ2v) is 7.71. The molecule has 6 nitrogen and oxygen atoms in total. The monoisotopic (exact) mass is 348 g/mol. The topological polar surface area (TPSA) is 83.6 Å². The SMILES string of the molecule is CS(=O)(=O)CC[C@@H]1NC(=O)N(Cc2c(F)cccc2Cl)C1=O. The Morgan fingerprint density at radius 2 is 2.05 bits per heavy atom. The predicted octanol–water partition coefficient (Wildman–Crippen LogP) is 1.33. The Labute approximate surface area is 132 Å². The number of imide groups is 1. The molecule has 1 atom stereocenters. The van der Waals surface area contributed by atoms with Gasteiger partial charge in [-0.25, -0.2) is 17.6 Å². The fourth-order valence-corrected chi connectivity index (χ4v) is 2.98. The number of nitrogens with zero attached hydrogens (tertiary/aromatic N) is 1. The zero-order valence-electron chi connectivity index (χ0n) is 11.7. The van der Waals surface area contributed by atoms with E-state index in [2.05, 4.69) is 5.32 Å². The number of hydrogen-bond donors (Lipinski definition) is 1. The van der Waals surface area contributed by atoms with Crippen LogP contribution in [0.15, 0.2) is 18.2 Å². The number of benzene rings is 1. The van der Waals surface area contributed by atoms with E-state index < -0.39 is 33.6 Å². The van der Waals surface area contributed by atoms with Gasteiger partial charge in [0.05, 0.1) is 12.3 Å². The van der Waals surface area contributed by atoms with Gasteiger partial charge in [0, 0.05) is 16.8 Å². The van der Waals surface area contributed by atoms with Crippen LogP contribution in [0.4, 0.5) is 9.18 Å². The molecule has 120 valence electrons. The number of rotatable bonds is 5. The van der Waals surface area contributed by atoms with Gasteiger partial charge in [-0.2, -0.15) is 0 Å². The molecule has 0 unspecified atom stereocenters. The van der Waals surface area contributed by atoms with Crippen molar-refractivity contribution in [3.8, 4) is 0 Å². The van der Waals surface area contributed by atoms with Crippen molar-refractivity contribution in [2.24, 2.45) is 0 Å². The second-order valence-electron chi connectivity index (χ2n) is 5.05. The molecular weight excluding hydrogens is 335 g/mol. The summed E-state index contributed by atoms with van der Waals surface area (Å²) >= 11 is 5.87. The molecular formula is C13H14ClFN2O4S. The molecule has 1 saturated heterocycles. The predicted molar refractivity (Wildman–Crippen MR) is 78.6 cm³/mol. The fraction of sp³-hybridized carbons (Fsp3) is 0.385. The maximum absolute atomic E-state index is 13.7. The Hall–Kier alpha value is -1.67. The minimum atomic E-state index is -3.25. The quantitative estimate of drug-likeness (QED) is 0.814. The van der Waals surface area contributed by atoms with Crippen LogP contribution in [0.3, 0.4) is 0 Å². The fourth-order valence-electron chi connectivity index (χ4n) is 2.10. The van der Waals surface area contributed by atoms with E-state index in [0.717, 1.165) is 11.2 Å². The van der Waals surface area contributed by atoms with Gasteiger partial charge in [0.1, 0.15) is 21.7 Å². The highest BCUT2D eigenvalue weighted by atomic mass is 35.5. The van der Waals surface area contributed by atoms with Gasteiger partial charge in [-0.05, 0) is 18.6 Å². The van der Waals surface area contributed by atoms with Gasteiger partial charge in [0.25, 0.3) is 5.91 Å². The Kier molecular flexibility index (Phi) is 4.72. The van der Waals surface area contributed by atoms with Crippen molar-refractivity contribution in [3.05, 3.63) is 34.6 Å². The summed E-state index contributed by atoms with van der Waals surface area (Å²) < 4.78 is 36.0. The largest absolute Gasteiger partial charge is 0.326 e. The molecule has 1 fully saturated rings. The molecule has 3 amide bonds. The summed E-state index contributed by atoms with van der Waals surface area (Å²) in [5.74, 6) is -1.43. The highest BCUT2D eigenvalue weighted by molar-refractivity contribution is 7.90. The van der Waals surface area contributed by atoms with Crippen molar-refractivity contribution in [2.75, 3.05) is 12.0 Å². The molecule has 1 aliphatic rings. The van der Waals surface area contributed by atoms with Gasteiger partial charge in [-0.15, -0.1) is 0 Å². The molecule has 0 aliphatic carbocycles. The average molecular weight is 349 g/mol. The Balaban J connectivity index is 2.13. The molecule has 0 spiro atoms. The molecule has 22 heavy (non-hydrogen) atoms. The maximum Gasteiger partial charge on any atom is 0.325 e. The third-order valence-corrected chi connectivity index (χ3v) is 4.59. The van der Waals surface area contributed by atoms with Gasteiger partial charge < -0.3 is 5.32 Å². The molecule has 9 heteroatoms. The minimum Gasteiger partial charge on any atom is -0.326 e. The maximum atomic E-state index is 13.7. The Morgan fingerprint density at radius 3 is 2.64 bits per heavy atom. The molecule has 1 aromatic rings. The van der Waals surface area contributed by atoms with Crippen LogP contribution < -0.4 is 5.32 Å². The Morgan fingerprint density at radius 1 is 1.36 bits per heavy atom. The summed E-state index contributed by atoms with van der Waals surface area (Å²) in [5.41, 5.74) is 0.0384. The van der Waals surface area contributed by atoms with E-state index in [-0.39, 0.29) is 29.3 Å². The summed E-state index contributed by atoms with van der Waals surface area (Å²) in [6, 6.07) is 2.44. The average Bonchev–Trinajstić information content (AvgIpc) is 2.67. The molecule has 0 saturated carbocycles. The molecule has 1 aromatic carbocycles. The third-order valence-electron chi connectivity index (χ3n) is 3.26. The number of amides is 3. The van der Waals surface area contributed by atoms with E-state index in [1.807, 2.05) is 0 Å². The lowest BCUT2D eigenvalue weighted by Crippen LogP contribution is -2.32. The summed E-state index contributed by atoms with van der Waals surface area (Å²) in [4.78, 5) is 24.8. The smallest absolute Gasteiger partial charge is 0.325 e. The van der Waals surface area contributed by atoms with Gasteiger partial charge in [-0.1, -0.05) is 17.7 Å². The first-order valence-electron chi connectivity index (χ1n) is 6.41. The molecule has 2 rings (SSSR count). The third kappa shape index (κ3) is 3.75.